The Morgan fingerprint density at radius 3 is 2.43 bits per heavy atom. The molecular weight excluding hydrogens is 429 g/mol. The quantitative estimate of drug-likeness (QED) is 0.558. The summed E-state index contributed by atoms with van der Waals surface area (Å²) in [5.41, 5.74) is -5.57. The molecule has 2 aromatic rings. The van der Waals surface area contributed by atoms with Crippen molar-refractivity contribution in [3.63, 3.8) is 0 Å². The summed E-state index contributed by atoms with van der Waals surface area (Å²) in [6.45, 7) is 1.20. The topological polar surface area (TPSA) is 84.3 Å². The molecule has 2 atom stereocenters. The van der Waals surface area contributed by atoms with Gasteiger partial charge in [0.25, 0.3) is 5.91 Å². The molecule has 1 aromatic heterocycles. The number of benzene rings is 1. The number of carbonyl (C=O) groups is 1. The number of fused-ring (bicyclic) bond motifs is 1. The Labute approximate surface area is 165 Å². The Hall–Kier alpha value is -2.17. The number of anilines is 1. The predicted molar refractivity (Wildman–Crippen MR) is 90.7 cm³/mol. The van der Waals surface area contributed by atoms with Crippen LogP contribution in [0.5, 0.6) is 5.75 Å². The maximum absolute atomic E-state index is 13.6. The molecule has 3 rings (SSSR count). The van der Waals surface area contributed by atoms with Crippen LogP contribution in [0.15, 0.2) is 24.3 Å². The van der Waals surface area contributed by atoms with Crippen molar-refractivity contribution in [3.05, 3.63) is 46.0 Å². The lowest BCUT2D eigenvalue weighted by atomic mass is 9.78. The van der Waals surface area contributed by atoms with Crippen molar-refractivity contribution in [3.8, 4) is 5.75 Å². The average Bonchev–Trinajstić information content (AvgIpc) is 2.54. The van der Waals surface area contributed by atoms with Crippen molar-refractivity contribution >= 4 is 35.1 Å². The van der Waals surface area contributed by atoms with E-state index in [0.29, 0.717) is 0 Å². The monoisotopic (exact) mass is 439 g/mol. The summed E-state index contributed by atoms with van der Waals surface area (Å²) in [5.74, 6) is -3.04. The summed E-state index contributed by atoms with van der Waals surface area (Å²) < 4.78 is 59.6. The Balaban J connectivity index is 1.92. The largest absolute Gasteiger partial charge is 0.482 e. The van der Waals surface area contributed by atoms with Gasteiger partial charge in [-0.1, -0.05) is 23.2 Å². The number of rotatable bonds is 4. The fraction of sp³-hybridized carbons (Fsp3) is 0.312. The molecule has 150 valence electrons. The number of nitrogens with one attached hydrogen (secondary N) is 1. The van der Waals surface area contributed by atoms with Gasteiger partial charge >= 0.3 is 6.18 Å². The molecule has 28 heavy (non-hydrogen) atoms. The number of aromatic nitrogens is 2. The van der Waals surface area contributed by atoms with Crippen LogP contribution in [0.1, 0.15) is 18.9 Å². The molecule has 2 N–H and O–H groups in total. The SMILES string of the molecule is CC1(CC(O)(C(=O)Nc2nc(Cl)cc(Cl)n2)C(F)(F)F)Oc2ccc(F)cc21. The van der Waals surface area contributed by atoms with Crippen LogP contribution < -0.4 is 10.1 Å². The van der Waals surface area contributed by atoms with Crippen molar-refractivity contribution < 1.29 is 32.2 Å². The summed E-state index contributed by atoms with van der Waals surface area (Å²) in [6.07, 6.45) is -6.63. The van der Waals surface area contributed by atoms with E-state index in [0.717, 1.165) is 18.2 Å². The minimum absolute atomic E-state index is 0.0880. The predicted octanol–water partition coefficient (Wildman–Crippen LogP) is 3.85. The van der Waals surface area contributed by atoms with E-state index in [4.69, 9.17) is 27.9 Å². The van der Waals surface area contributed by atoms with Crippen LogP contribution in [0.25, 0.3) is 0 Å². The Morgan fingerprint density at radius 1 is 1.25 bits per heavy atom. The maximum Gasteiger partial charge on any atom is 0.426 e. The van der Waals surface area contributed by atoms with Gasteiger partial charge in [-0.25, -0.2) is 14.4 Å². The molecule has 1 aromatic carbocycles. The smallest absolute Gasteiger partial charge is 0.426 e. The molecule has 1 aliphatic rings. The average molecular weight is 440 g/mol. The fourth-order valence-electron chi connectivity index (χ4n) is 2.84. The van der Waals surface area contributed by atoms with Crippen molar-refractivity contribution in [1.29, 1.82) is 0 Å². The Bertz CT molecular complexity index is 939. The van der Waals surface area contributed by atoms with Gasteiger partial charge in [-0.3, -0.25) is 10.1 Å². The lowest BCUT2D eigenvalue weighted by molar-refractivity contribution is -0.263. The first-order valence-corrected chi connectivity index (χ1v) is 8.39. The van der Waals surface area contributed by atoms with E-state index in [9.17, 15) is 27.5 Å². The van der Waals surface area contributed by atoms with Crippen LogP contribution in [-0.4, -0.2) is 32.8 Å². The van der Waals surface area contributed by atoms with E-state index < -0.39 is 41.5 Å². The van der Waals surface area contributed by atoms with Crippen molar-refractivity contribution in [2.24, 2.45) is 0 Å². The summed E-state index contributed by atoms with van der Waals surface area (Å²) in [7, 11) is 0. The van der Waals surface area contributed by atoms with E-state index in [1.807, 2.05) is 0 Å². The third-order valence-corrected chi connectivity index (χ3v) is 4.56. The van der Waals surface area contributed by atoms with Crippen LogP contribution in [0, 0.1) is 5.82 Å². The lowest BCUT2D eigenvalue weighted by Gasteiger charge is -2.45. The number of carbonyl (C=O) groups excluding carboxylic acids is 1. The second kappa shape index (κ2) is 6.71. The van der Waals surface area contributed by atoms with Gasteiger partial charge in [0, 0.05) is 18.1 Å². The molecule has 2 heterocycles. The van der Waals surface area contributed by atoms with Gasteiger partial charge in [0.1, 0.15) is 27.5 Å². The molecule has 2 unspecified atom stereocenters. The molecule has 0 saturated carbocycles. The second-order valence-electron chi connectivity index (χ2n) is 6.30. The van der Waals surface area contributed by atoms with Crippen LogP contribution in [0.3, 0.4) is 0 Å². The molecule has 0 aliphatic carbocycles. The highest BCUT2D eigenvalue weighted by molar-refractivity contribution is 6.33. The third kappa shape index (κ3) is 3.59. The zero-order valence-corrected chi connectivity index (χ0v) is 15.5. The first-order chi connectivity index (χ1) is 12.8. The molecule has 0 spiro atoms. The van der Waals surface area contributed by atoms with Crippen LogP contribution in [0.4, 0.5) is 23.5 Å². The molecule has 12 heteroatoms. The highest BCUT2D eigenvalue weighted by Crippen LogP contribution is 2.51. The minimum Gasteiger partial charge on any atom is -0.482 e. The van der Waals surface area contributed by atoms with Crippen molar-refractivity contribution in [1.82, 2.24) is 9.97 Å². The highest BCUT2D eigenvalue weighted by atomic mass is 35.5. The van der Waals surface area contributed by atoms with Gasteiger partial charge in [-0.2, -0.15) is 13.2 Å². The van der Waals surface area contributed by atoms with Gasteiger partial charge in [0.15, 0.2) is 0 Å². The first-order valence-electron chi connectivity index (χ1n) is 7.64. The van der Waals surface area contributed by atoms with Gasteiger partial charge in [0.2, 0.25) is 11.5 Å². The van der Waals surface area contributed by atoms with Gasteiger partial charge < -0.3 is 9.84 Å². The summed E-state index contributed by atoms with van der Waals surface area (Å²) in [4.78, 5) is 19.4. The number of nitrogens with zero attached hydrogens (tertiary/aromatic N) is 2. The molecular formula is C16H11Cl2F4N3O3. The molecule has 1 aliphatic heterocycles. The number of hydrogen-bond donors (Lipinski definition) is 2. The first kappa shape index (κ1) is 20.6. The van der Waals surface area contributed by atoms with Gasteiger partial charge in [0.05, 0.1) is 0 Å². The second-order valence-corrected chi connectivity index (χ2v) is 7.07. The van der Waals surface area contributed by atoms with Crippen LogP contribution in [0.2, 0.25) is 10.3 Å². The van der Waals surface area contributed by atoms with Crippen LogP contribution in [-0.2, 0) is 10.4 Å². The van der Waals surface area contributed by atoms with E-state index in [-0.39, 0.29) is 21.6 Å². The zero-order chi connectivity index (χ0) is 20.9. The molecule has 0 radical (unpaired) electrons. The number of alkyl halides is 3. The standard InChI is InChI=1S/C16H11Cl2F4N3O3/c1-14(8-4-7(19)2-3-9(8)28-14)6-15(27,16(20,21)22)12(26)25-13-23-10(17)5-11(18)24-13/h2-5,27H,6H2,1H3,(H,23,24,25,26). The summed E-state index contributed by atoms with van der Waals surface area (Å²) in [6, 6.07) is 4.39. The number of ether oxygens (including phenoxy) is 1. The minimum atomic E-state index is -5.39. The molecule has 6 nitrogen and oxygen atoms in total. The Morgan fingerprint density at radius 2 is 1.86 bits per heavy atom. The number of aliphatic hydroxyl groups is 1. The molecule has 0 bridgehead atoms. The van der Waals surface area contributed by atoms with E-state index >= 15 is 0 Å². The number of halogens is 6. The van der Waals surface area contributed by atoms with Crippen molar-refractivity contribution in [2.75, 3.05) is 5.32 Å². The normalized spacial score (nSPS) is 20.4. The van der Waals surface area contributed by atoms with E-state index in [1.165, 1.54) is 13.0 Å². The fourth-order valence-corrected chi connectivity index (χ4v) is 3.26. The van der Waals surface area contributed by atoms with Crippen LogP contribution >= 0.6 is 23.2 Å². The highest BCUT2D eigenvalue weighted by Gasteiger charge is 2.64. The summed E-state index contributed by atoms with van der Waals surface area (Å²) >= 11 is 11.2. The third-order valence-electron chi connectivity index (χ3n) is 4.17. The lowest BCUT2D eigenvalue weighted by Crippen LogP contribution is -2.60. The zero-order valence-electron chi connectivity index (χ0n) is 13.9. The summed E-state index contributed by atoms with van der Waals surface area (Å²) in [5, 5.41) is 11.6. The van der Waals surface area contributed by atoms with Crippen molar-refractivity contribution in [2.45, 2.75) is 30.7 Å². The Kier molecular flexibility index (Phi) is 4.93. The van der Waals surface area contributed by atoms with Gasteiger partial charge in [-0.05, 0) is 25.1 Å². The maximum atomic E-state index is 13.6. The number of hydrogen-bond acceptors (Lipinski definition) is 5. The number of amides is 1. The molecule has 0 fully saturated rings. The van der Waals surface area contributed by atoms with Gasteiger partial charge in [-0.15, -0.1) is 0 Å². The van der Waals surface area contributed by atoms with E-state index in [2.05, 4.69) is 9.97 Å². The van der Waals surface area contributed by atoms with E-state index in [1.54, 1.807) is 5.32 Å². The molecule has 0 saturated heterocycles. The molecule has 1 amide bonds.